The Balaban J connectivity index is 1.70. The third-order valence-electron chi connectivity index (χ3n) is 2.39. The highest BCUT2D eigenvalue weighted by Gasteiger charge is 2.27. The molecule has 0 spiro atoms. The first kappa shape index (κ1) is 11.3. The molecule has 0 atom stereocenters. The Morgan fingerprint density at radius 2 is 2.38 bits per heavy atom. The van der Waals surface area contributed by atoms with E-state index in [0.29, 0.717) is 25.4 Å². The first-order valence-electron chi connectivity index (χ1n) is 5.63. The van der Waals surface area contributed by atoms with Gasteiger partial charge in [0.15, 0.2) is 0 Å². The monoisotopic (exact) mass is 240 g/mol. The fraction of sp³-hybridized carbons (Fsp3) is 0.700. The maximum absolute atomic E-state index is 11.2. The van der Waals surface area contributed by atoms with Crippen molar-refractivity contribution in [3.05, 3.63) is 5.82 Å². The number of amides is 1. The van der Waals surface area contributed by atoms with Gasteiger partial charge < -0.3 is 10.6 Å². The minimum Gasteiger partial charge on any atom is -0.360 e. The zero-order valence-corrected chi connectivity index (χ0v) is 10.1. The molecule has 1 fully saturated rings. The molecule has 0 aromatic carbocycles. The van der Waals surface area contributed by atoms with Crippen molar-refractivity contribution in [1.29, 1.82) is 0 Å². The molecule has 2 N–H and O–H groups in total. The maximum atomic E-state index is 11.2. The molecule has 5 nitrogen and oxygen atoms in total. The van der Waals surface area contributed by atoms with Gasteiger partial charge in [-0.05, 0) is 19.8 Å². The van der Waals surface area contributed by atoms with Crippen molar-refractivity contribution in [2.75, 3.05) is 18.4 Å². The fourth-order valence-electron chi connectivity index (χ4n) is 1.38. The Labute approximate surface area is 98.8 Å². The number of aromatic nitrogens is 2. The Kier molecular flexibility index (Phi) is 3.71. The first-order valence-corrected chi connectivity index (χ1v) is 6.41. The molecular formula is C10H16N4OS. The SMILES string of the molecule is CCNC(=O)CCNc1nc(C2CC2)ns1. The highest BCUT2D eigenvalue weighted by molar-refractivity contribution is 7.09. The van der Waals surface area contributed by atoms with Crippen LogP contribution in [0.15, 0.2) is 0 Å². The van der Waals surface area contributed by atoms with Gasteiger partial charge in [0.25, 0.3) is 0 Å². The lowest BCUT2D eigenvalue weighted by atomic mass is 10.4. The van der Waals surface area contributed by atoms with Gasteiger partial charge in [0.2, 0.25) is 11.0 Å². The number of carbonyl (C=O) groups excluding carboxylic acids is 1. The highest BCUT2D eigenvalue weighted by Crippen LogP contribution is 2.39. The Morgan fingerprint density at radius 1 is 1.56 bits per heavy atom. The van der Waals surface area contributed by atoms with Crippen molar-refractivity contribution in [2.24, 2.45) is 0 Å². The molecule has 1 amide bonds. The zero-order chi connectivity index (χ0) is 11.4. The van der Waals surface area contributed by atoms with E-state index in [9.17, 15) is 4.79 Å². The van der Waals surface area contributed by atoms with E-state index < -0.39 is 0 Å². The van der Waals surface area contributed by atoms with E-state index in [2.05, 4.69) is 20.0 Å². The summed E-state index contributed by atoms with van der Waals surface area (Å²) in [6.45, 7) is 3.21. The molecule has 88 valence electrons. The van der Waals surface area contributed by atoms with Crippen LogP contribution in [0.3, 0.4) is 0 Å². The highest BCUT2D eigenvalue weighted by atomic mass is 32.1. The summed E-state index contributed by atoms with van der Waals surface area (Å²) in [5.41, 5.74) is 0. The largest absolute Gasteiger partial charge is 0.360 e. The van der Waals surface area contributed by atoms with E-state index >= 15 is 0 Å². The summed E-state index contributed by atoms with van der Waals surface area (Å²) in [6, 6.07) is 0. The summed E-state index contributed by atoms with van der Waals surface area (Å²) < 4.78 is 4.28. The number of hydrogen-bond donors (Lipinski definition) is 2. The molecule has 0 saturated heterocycles. The minimum atomic E-state index is 0.0712. The van der Waals surface area contributed by atoms with E-state index in [4.69, 9.17) is 0 Å². The van der Waals surface area contributed by atoms with Crippen LogP contribution in [0, 0.1) is 0 Å². The Hall–Kier alpha value is -1.17. The first-order chi connectivity index (χ1) is 7.79. The molecule has 0 radical (unpaired) electrons. The van der Waals surface area contributed by atoms with Crippen molar-refractivity contribution in [3.63, 3.8) is 0 Å². The lowest BCUT2D eigenvalue weighted by Gasteiger charge is -2.02. The number of rotatable bonds is 6. The number of nitrogens with zero attached hydrogens (tertiary/aromatic N) is 2. The van der Waals surface area contributed by atoms with Crippen LogP contribution in [0.25, 0.3) is 0 Å². The Bertz CT molecular complexity index is 361. The van der Waals surface area contributed by atoms with Crippen LogP contribution in [0.4, 0.5) is 5.13 Å². The van der Waals surface area contributed by atoms with E-state index in [0.717, 1.165) is 11.0 Å². The van der Waals surface area contributed by atoms with Crippen LogP contribution >= 0.6 is 11.5 Å². The van der Waals surface area contributed by atoms with Crippen molar-refractivity contribution < 1.29 is 4.79 Å². The lowest BCUT2D eigenvalue weighted by molar-refractivity contribution is -0.120. The molecule has 0 unspecified atom stereocenters. The van der Waals surface area contributed by atoms with Crippen molar-refractivity contribution in [2.45, 2.75) is 32.1 Å². The van der Waals surface area contributed by atoms with Crippen LogP contribution in [0.1, 0.15) is 37.9 Å². The molecule has 2 rings (SSSR count). The number of anilines is 1. The predicted octanol–water partition coefficient (Wildman–Crippen LogP) is 1.35. The quantitative estimate of drug-likeness (QED) is 0.787. The van der Waals surface area contributed by atoms with Gasteiger partial charge in [-0.25, -0.2) is 4.98 Å². The van der Waals surface area contributed by atoms with Gasteiger partial charge in [-0.2, -0.15) is 4.37 Å². The minimum absolute atomic E-state index is 0.0712. The van der Waals surface area contributed by atoms with Gasteiger partial charge >= 0.3 is 0 Å². The van der Waals surface area contributed by atoms with Crippen LogP contribution in [0.5, 0.6) is 0 Å². The maximum Gasteiger partial charge on any atom is 0.221 e. The van der Waals surface area contributed by atoms with Gasteiger partial charge in [-0.15, -0.1) is 0 Å². The molecule has 0 bridgehead atoms. The van der Waals surface area contributed by atoms with Gasteiger partial charge in [-0.1, -0.05) is 0 Å². The number of carbonyl (C=O) groups is 1. The summed E-state index contributed by atoms with van der Waals surface area (Å²) in [5.74, 6) is 1.63. The van der Waals surface area contributed by atoms with E-state index in [-0.39, 0.29) is 5.91 Å². The standard InChI is InChI=1S/C10H16N4OS/c1-2-11-8(15)5-6-12-10-13-9(14-16-10)7-3-4-7/h7H,2-6H2,1H3,(H,11,15)(H,12,13,14). The molecule has 1 aromatic rings. The second kappa shape index (κ2) is 5.25. The van der Waals surface area contributed by atoms with Crippen molar-refractivity contribution in [3.8, 4) is 0 Å². The third kappa shape index (κ3) is 3.16. The average molecular weight is 240 g/mol. The molecule has 1 aliphatic rings. The molecule has 1 saturated carbocycles. The second-order valence-corrected chi connectivity index (χ2v) is 4.61. The summed E-state index contributed by atoms with van der Waals surface area (Å²) >= 11 is 1.38. The lowest BCUT2D eigenvalue weighted by Crippen LogP contribution is -2.24. The van der Waals surface area contributed by atoms with Crippen LogP contribution < -0.4 is 10.6 Å². The zero-order valence-electron chi connectivity index (χ0n) is 9.32. The van der Waals surface area contributed by atoms with Gasteiger partial charge in [-0.3, -0.25) is 4.79 Å². The Morgan fingerprint density at radius 3 is 3.06 bits per heavy atom. The smallest absolute Gasteiger partial charge is 0.221 e. The molecule has 6 heteroatoms. The summed E-state index contributed by atoms with van der Waals surface area (Å²) in [5, 5.41) is 6.70. The summed E-state index contributed by atoms with van der Waals surface area (Å²) in [6.07, 6.45) is 2.91. The predicted molar refractivity (Wildman–Crippen MR) is 63.7 cm³/mol. The molecule has 1 aliphatic carbocycles. The summed E-state index contributed by atoms with van der Waals surface area (Å²) in [7, 11) is 0. The number of hydrogen-bond acceptors (Lipinski definition) is 5. The van der Waals surface area contributed by atoms with E-state index in [1.54, 1.807) is 0 Å². The molecule has 0 aliphatic heterocycles. The van der Waals surface area contributed by atoms with Crippen LogP contribution in [0.2, 0.25) is 0 Å². The fourth-order valence-corrected chi connectivity index (χ4v) is 2.05. The summed E-state index contributed by atoms with van der Waals surface area (Å²) in [4.78, 5) is 15.6. The third-order valence-corrected chi connectivity index (χ3v) is 3.07. The normalized spacial score (nSPS) is 14.8. The van der Waals surface area contributed by atoms with Gasteiger partial charge in [0.05, 0.1) is 0 Å². The van der Waals surface area contributed by atoms with Crippen LogP contribution in [-0.4, -0.2) is 28.4 Å². The van der Waals surface area contributed by atoms with Gasteiger partial charge in [0, 0.05) is 37.0 Å². The van der Waals surface area contributed by atoms with Crippen LogP contribution in [-0.2, 0) is 4.79 Å². The van der Waals surface area contributed by atoms with Crippen molar-refractivity contribution in [1.82, 2.24) is 14.7 Å². The topological polar surface area (TPSA) is 66.9 Å². The average Bonchev–Trinajstić information content (AvgIpc) is 3.00. The molecular weight excluding hydrogens is 224 g/mol. The van der Waals surface area contributed by atoms with E-state index in [1.807, 2.05) is 6.92 Å². The molecule has 1 heterocycles. The van der Waals surface area contributed by atoms with Gasteiger partial charge in [0.1, 0.15) is 5.82 Å². The van der Waals surface area contributed by atoms with E-state index in [1.165, 1.54) is 24.4 Å². The molecule has 16 heavy (non-hydrogen) atoms. The molecule has 1 aromatic heterocycles. The van der Waals surface area contributed by atoms with Crippen molar-refractivity contribution >= 4 is 22.6 Å². The second-order valence-electron chi connectivity index (χ2n) is 3.86. The number of nitrogens with one attached hydrogen (secondary N) is 2.